The number of ether oxygens (including phenoxy) is 2. The Labute approximate surface area is 141 Å². The number of aromatic nitrogens is 2. The van der Waals surface area contributed by atoms with Gasteiger partial charge in [0, 0.05) is 24.3 Å². The quantitative estimate of drug-likeness (QED) is 0.914. The van der Waals surface area contributed by atoms with Crippen molar-refractivity contribution in [2.24, 2.45) is 5.92 Å². The van der Waals surface area contributed by atoms with Crippen LogP contribution in [0, 0.1) is 19.8 Å². The molecule has 1 amide bonds. The van der Waals surface area contributed by atoms with E-state index in [4.69, 9.17) is 9.47 Å². The third-order valence-corrected chi connectivity index (χ3v) is 4.00. The minimum absolute atomic E-state index is 0.104. The average molecular weight is 329 g/mol. The van der Waals surface area contributed by atoms with Gasteiger partial charge in [0.05, 0.1) is 5.69 Å². The first-order valence-corrected chi connectivity index (χ1v) is 8.22. The van der Waals surface area contributed by atoms with E-state index in [1.807, 2.05) is 18.5 Å². The van der Waals surface area contributed by atoms with Gasteiger partial charge in [0.1, 0.15) is 13.2 Å². The Morgan fingerprint density at radius 2 is 2.00 bits per heavy atom. The van der Waals surface area contributed by atoms with E-state index in [9.17, 15) is 4.79 Å². The maximum absolute atomic E-state index is 12.3. The van der Waals surface area contributed by atoms with E-state index in [0.717, 1.165) is 17.9 Å². The molecule has 1 aromatic carbocycles. The van der Waals surface area contributed by atoms with Gasteiger partial charge in [-0.05, 0) is 44.0 Å². The van der Waals surface area contributed by atoms with Crippen LogP contribution in [0.15, 0.2) is 24.3 Å². The number of nitrogens with zero attached hydrogens (tertiary/aromatic N) is 2. The summed E-state index contributed by atoms with van der Waals surface area (Å²) in [5.74, 6) is 1.50. The molecule has 1 unspecified atom stereocenters. The lowest BCUT2D eigenvalue weighted by molar-refractivity contribution is 0.0945. The summed E-state index contributed by atoms with van der Waals surface area (Å²) in [6.45, 7) is 8.55. The molecule has 24 heavy (non-hydrogen) atoms. The second-order valence-electron chi connectivity index (χ2n) is 6.28. The minimum Gasteiger partial charge on any atom is -0.486 e. The molecule has 1 atom stereocenters. The Morgan fingerprint density at radius 3 is 2.71 bits per heavy atom. The number of hydrogen-bond donors (Lipinski definition) is 1. The van der Waals surface area contributed by atoms with Crippen LogP contribution in [-0.4, -0.2) is 35.4 Å². The maximum atomic E-state index is 12.3. The molecule has 2 aromatic rings. The van der Waals surface area contributed by atoms with Crippen molar-refractivity contribution in [3.8, 4) is 11.5 Å². The Hall–Kier alpha value is -2.50. The van der Waals surface area contributed by atoms with Crippen LogP contribution < -0.4 is 14.8 Å². The van der Waals surface area contributed by atoms with E-state index in [1.54, 1.807) is 18.2 Å². The van der Waals surface area contributed by atoms with Crippen molar-refractivity contribution in [2.75, 3.05) is 19.8 Å². The van der Waals surface area contributed by atoms with Crippen molar-refractivity contribution >= 4 is 5.91 Å². The highest BCUT2D eigenvalue weighted by molar-refractivity contribution is 5.94. The lowest BCUT2D eigenvalue weighted by Gasteiger charge is -2.19. The van der Waals surface area contributed by atoms with Gasteiger partial charge < -0.3 is 14.8 Å². The fourth-order valence-electron chi connectivity index (χ4n) is 2.77. The molecule has 1 aliphatic rings. The van der Waals surface area contributed by atoms with Gasteiger partial charge in [-0.25, -0.2) is 0 Å². The summed E-state index contributed by atoms with van der Waals surface area (Å²) in [6, 6.07) is 7.33. The van der Waals surface area contributed by atoms with E-state index in [0.29, 0.717) is 36.8 Å². The summed E-state index contributed by atoms with van der Waals surface area (Å²) >= 11 is 0. The van der Waals surface area contributed by atoms with Crippen LogP contribution in [0.5, 0.6) is 11.5 Å². The highest BCUT2D eigenvalue weighted by Gasteiger charge is 2.15. The van der Waals surface area contributed by atoms with E-state index in [2.05, 4.69) is 23.4 Å². The van der Waals surface area contributed by atoms with Gasteiger partial charge in [0.2, 0.25) is 0 Å². The number of rotatable bonds is 5. The van der Waals surface area contributed by atoms with Crippen molar-refractivity contribution in [1.82, 2.24) is 15.1 Å². The molecule has 0 saturated carbocycles. The van der Waals surface area contributed by atoms with Gasteiger partial charge in [-0.15, -0.1) is 0 Å². The molecule has 3 rings (SSSR count). The zero-order chi connectivity index (χ0) is 17.1. The molecule has 6 heteroatoms. The lowest BCUT2D eigenvalue weighted by Crippen LogP contribution is -2.30. The van der Waals surface area contributed by atoms with Gasteiger partial charge in [0.15, 0.2) is 11.5 Å². The Kier molecular flexibility index (Phi) is 4.74. The lowest BCUT2D eigenvalue weighted by atomic mass is 10.1. The van der Waals surface area contributed by atoms with Crippen LogP contribution in [0.4, 0.5) is 0 Å². The number of carbonyl (C=O) groups excluding carboxylic acids is 1. The molecule has 0 saturated heterocycles. The number of fused-ring (bicyclic) bond motifs is 1. The number of aryl methyl sites for hydroxylation is 2. The summed E-state index contributed by atoms with van der Waals surface area (Å²) in [5, 5.41) is 7.43. The predicted octanol–water partition coefficient (Wildman–Crippen LogP) is 2.34. The van der Waals surface area contributed by atoms with Crippen molar-refractivity contribution < 1.29 is 14.3 Å². The number of benzene rings is 1. The first-order chi connectivity index (χ1) is 11.5. The van der Waals surface area contributed by atoms with Crippen molar-refractivity contribution in [3.05, 3.63) is 41.2 Å². The number of hydrogen-bond acceptors (Lipinski definition) is 4. The zero-order valence-corrected chi connectivity index (χ0v) is 14.3. The fraction of sp³-hybridized carbons (Fsp3) is 0.444. The second-order valence-corrected chi connectivity index (χ2v) is 6.28. The molecule has 0 bridgehead atoms. The van der Waals surface area contributed by atoms with Crippen LogP contribution >= 0.6 is 0 Å². The topological polar surface area (TPSA) is 65.4 Å². The van der Waals surface area contributed by atoms with Crippen molar-refractivity contribution in [1.29, 1.82) is 0 Å². The van der Waals surface area contributed by atoms with Crippen LogP contribution in [0.2, 0.25) is 0 Å². The molecule has 1 aliphatic heterocycles. The molecular formula is C18H23N3O3. The Bertz CT molecular complexity index is 739. The largest absolute Gasteiger partial charge is 0.486 e. The summed E-state index contributed by atoms with van der Waals surface area (Å²) in [5.41, 5.74) is 2.73. The molecule has 0 spiro atoms. The second kappa shape index (κ2) is 6.95. The molecule has 0 fully saturated rings. The van der Waals surface area contributed by atoms with Gasteiger partial charge in [-0.1, -0.05) is 6.92 Å². The Balaban J connectivity index is 1.56. The Morgan fingerprint density at radius 1 is 1.25 bits per heavy atom. The highest BCUT2D eigenvalue weighted by atomic mass is 16.6. The third kappa shape index (κ3) is 3.69. The first kappa shape index (κ1) is 16.4. The van der Waals surface area contributed by atoms with Crippen molar-refractivity contribution in [2.45, 2.75) is 27.3 Å². The van der Waals surface area contributed by atoms with Gasteiger partial charge in [-0.2, -0.15) is 5.10 Å². The highest BCUT2D eigenvalue weighted by Crippen LogP contribution is 2.30. The van der Waals surface area contributed by atoms with Crippen LogP contribution in [0.1, 0.15) is 28.7 Å². The van der Waals surface area contributed by atoms with Crippen LogP contribution in [0.3, 0.4) is 0 Å². The fourth-order valence-corrected chi connectivity index (χ4v) is 2.77. The summed E-state index contributed by atoms with van der Waals surface area (Å²) in [7, 11) is 0. The van der Waals surface area contributed by atoms with Gasteiger partial charge >= 0.3 is 0 Å². The van der Waals surface area contributed by atoms with Gasteiger partial charge in [0.25, 0.3) is 5.91 Å². The van der Waals surface area contributed by atoms with Crippen molar-refractivity contribution in [3.63, 3.8) is 0 Å². The maximum Gasteiger partial charge on any atom is 0.251 e. The molecule has 2 heterocycles. The molecular weight excluding hydrogens is 306 g/mol. The zero-order valence-electron chi connectivity index (χ0n) is 14.3. The number of nitrogens with one attached hydrogen (secondary N) is 1. The van der Waals surface area contributed by atoms with E-state index in [1.165, 1.54) is 0 Å². The predicted molar refractivity (Wildman–Crippen MR) is 90.6 cm³/mol. The van der Waals surface area contributed by atoms with Gasteiger partial charge in [-0.3, -0.25) is 9.48 Å². The molecule has 0 radical (unpaired) electrons. The van der Waals surface area contributed by atoms with E-state index in [-0.39, 0.29) is 11.8 Å². The SMILES string of the molecule is Cc1cc(C)n(CC(C)CNC(=O)c2ccc3c(c2)OCCO3)n1. The summed E-state index contributed by atoms with van der Waals surface area (Å²) < 4.78 is 13.0. The molecule has 1 aromatic heterocycles. The van der Waals surface area contributed by atoms with E-state index < -0.39 is 0 Å². The number of amides is 1. The normalized spacial score (nSPS) is 14.3. The minimum atomic E-state index is -0.104. The van der Waals surface area contributed by atoms with Crippen LogP contribution in [0.25, 0.3) is 0 Å². The van der Waals surface area contributed by atoms with E-state index >= 15 is 0 Å². The summed E-state index contributed by atoms with van der Waals surface area (Å²) in [6.07, 6.45) is 0. The molecule has 1 N–H and O–H groups in total. The number of carbonyl (C=O) groups is 1. The first-order valence-electron chi connectivity index (χ1n) is 8.22. The molecule has 128 valence electrons. The average Bonchev–Trinajstić information content (AvgIpc) is 2.89. The third-order valence-electron chi connectivity index (χ3n) is 4.00. The monoisotopic (exact) mass is 329 g/mol. The standard InChI is InChI=1S/C18H23N3O3/c1-12(11-21-14(3)8-13(2)20-21)10-19-18(22)15-4-5-16-17(9-15)24-7-6-23-16/h4-5,8-9,12H,6-7,10-11H2,1-3H3,(H,19,22). The smallest absolute Gasteiger partial charge is 0.251 e. The molecule has 0 aliphatic carbocycles. The summed E-state index contributed by atoms with van der Waals surface area (Å²) in [4.78, 5) is 12.3. The molecule has 6 nitrogen and oxygen atoms in total. The van der Waals surface area contributed by atoms with Crippen LogP contribution in [-0.2, 0) is 6.54 Å².